The monoisotopic (exact) mass is 534 g/mol. The van der Waals surface area contributed by atoms with E-state index in [9.17, 15) is 18.4 Å². The number of nitriles is 1. The fraction of sp³-hybridized carbons (Fsp3) is 0.400. The highest BCUT2D eigenvalue weighted by Gasteiger charge is 2.38. The number of pyridine rings is 1. The molecule has 3 aromatic rings. The second-order valence-electron chi connectivity index (χ2n) is 8.44. The maximum atomic E-state index is 10.6. The molecule has 2 aromatic heterocycles. The number of benzene rings is 1. The van der Waals surface area contributed by atoms with Gasteiger partial charge in [-0.25, -0.2) is 9.31 Å². The van der Waals surface area contributed by atoms with E-state index in [4.69, 9.17) is 19.4 Å². The predicted molar refractivity (Wildman–Crippen MR) is 135 cm³/mol. The van der Waals surface area contributed by atoms with Crippen molar-refractivity contribution in [1.29, 1.82) is 5.26 Å². The number of methoxy groups -OCH3 is 1. The highest BCUT2D eigenvalue weighted by Crippen LogP contribution is 2.34. The Morgan fingerprint density at radius 1 is 1.29 bits per heavy atom. The molecule has 1 fully saturated rings. The number of nitrogens with one attached hydrogen (secondary N) is 3. The standard InChI is InChI=1S/C23H28N6O2.C2HF3O2/c1-16-22(27-18-4-3-10-25-15-18)20(14-24)21-9-11-26-29(21)23(16)28-17-5-7-19(8-6-17)31-13-12-30-2;3-2(4,5)1(6)7/h5-9,11,18,25,27-28H,3-4,10,12-13,15H2,1-2H3;(H,6,7)/t18-;/m0./s1. The van der Waals surface area contributed by atoms with Crippen LogP contribution in [0, 0.1) is 18.3 Å². The van der Waals surface area contributed by atoms with Gasteiger partial charge in [0.05, 0.1) is 24.0 Å². The Bertz CT molecular complexity index is 1270. The van der Waals surface area contributed by atoms with Crippen molar-refractivity contribution in [2.75, 3.05) is 44.0 Å². The first-order valence-electron chi connectivity index (χ1n) is 11.8. The molecule has 3 heterocycles. The summed E-state index contributed by atoms with van der Waals surface area (Å²) in [5, 5.41) is 32.0. The van der Waals surface area contributed by atoms with Gasteiger partial charge >= 0.3 is 12.1 Å². The van der Waals surface area contributed by atoms with Crippen molar-refractivity contribution in [2.45, 2.75) is 32.0 Å². The first kappa shape index (κ1) is 28.5. The van der Waals surface area contributed by atoms with E-state index in [0.717, 1.165) is 60.0 Å². The molecule has 204 valence electrons. The molecule has 10 nitrogen and oxygen atoms in total. The van der Waals surface area contributed by atoms with Crippen molar-refractivity contribution in [3.05, 3.63) is 47.7 Å². The number of nitrogens with zero attached hydrogens (tertiary/aromatic N) is 3. The molecule has 4 rings (SSSR count). The van der Waals surface area contributed by atoms with Gasteiger partial charge in [-0.05, 0) is 56.6 Å². The summed E-state index contributed by atoms with van der Waals surface area (Å²) in [6.45, 7) is 5.01. The maximum Gasteiger partial charge on any atom is 0.490 e. The number of aromatic nitrogens is 2. The van der Waals surface area contributed by atoms with Gasteiger partial charge in [0.1, 0.15) is 29.8 Å². The number of carbonyl (C=O) groups is 1. The minimum Gasteiger partial charge on any atom is -0.491 e. The number of fused-ring (bicyclic) bond motifs is 1. The Morgan fingerprint density at radius 3 is 2.58 bits per heavy atom. The quantitative estimate of drug-likeness (QED) is 0.316. The smallest absolute Gasteiger partial charge is 0.490 e. The lowest BCUT2D eigenvalue weighted by Crippen LogP contribution is -2.38. The van der Waals surface area contributed by atoms with E-state index in [0.29, 0.717) is 24.8 Å². The topological polar surface area (TPSA) is 133 Å². The normalized spacial score (nSPS) is 15.2. The van der Waals surface area contributed by atoms with Crippen LogP contribution in [0.5, 0.6) is 5.75 Å². The van der Waals surface area contributed by atoms with Gasteiger partial charge in [0.15, 0.2) is 0 Å². The Kier molecular flexibility index (Phi) is 9.75. The number of rotatable bonds is 8. The number of halogens is 3. The van der Waals surface area contributed by atoms with E-state index in [1.165, 1.54) is 0 Å². The molecule has 0 saturated carbocycles. The molecule has 13 heteroatoms. The summed E-state index contributed by atoms with van der Waals surface area (Å²) in [5.41, 5.74) is 4.13. The average molecular weight is 535 g/mol. The van der Waals surface area contributed by atoms with Crippen LogP contribution in [0.15, 0.2) is 36.5 Å². The van der Waals surface area contributed by atoms with Gasteiger partial charge < -0.3 is 30.5 Å². The van der Waals surface area contributed by atoms with E-state index < -0.39 is 12.1 Å². The van der Waals surface area contributed by atoms with Crippen LogP contribution in [-0.2, 0) is 9.53 Å². The van der Waals surface area contributed by atoms with Crippen molar-refractivity contribution < 1.29 is 32.5 Å². The molecule has 0 radical (unpaired) electrons. The zero-order valence-electron chi connectivity index (χ0n) is 20.9. The van der Waals surface area contributed by atoms with E-state index in [1.54, 1.807) is 17.8 Å². The summed E-state index contributed by atoms with van der Waals surface area (Å²) in [6, 6.07) is 12.3. The fourth-order valence-electron chi connectivity index (χ4n) is 3.90. The Labute approximate surface area is 217 Å². The molecule has 38 heavy (non-hydrogen) atoms. The molecule has 4 N–H and O–H groups in total. The Hall–Kier alpha value is -4.02. The van der Waals surface area contributed by atoms with Crippen LogP contribution in [0.3, 0.4) is 0 Å². The Morgan fingerprint density at radius 2 is 2.00 bits per heavy atom. The highest BCUT2D eigenvalue weighted by atomic mass is 19.4. The van der Waals surface area contributed by atoms with Crippen molar-refractivity contribution >= 4 is 28.7 Å². The third kappa shape index (κ3) is 7.27. The van der Waals surface area contributed by atoms with Crippen LogP contribution < -0.4 is 20.7 Å². The zero-order valence-corrected chi connectivity index (χ0v) is 20.9. The summed E-state index contributed by atoms with van der Waals surface area (Å²) in [5.74, 6) is -1.14. The second-order valence-corrected chi connectivity index (χ2v) is 8.44. The lowest BCUT2D eigenvalue weighted by atomic mass is 10.0. The largest absolute Gasteiger partial charge is 0.491 e. The number of ether oxygens (including phenoxy) is 2. The predicted octanol–water partition coefficient (Wildman–Crippen LogP) is 4.08. The average Bonchev–Trinajstić information content (AvgIpc) is 3.38. The van der Waals surface area contributed by atoms with Crippen molar-refractivity contribution in [3.8, 4) is 11.8 Å². The SMILES string of the molecule is COCCOc1ccc(Nc2c(C)c(N[C@H]3CCCNC3)c(C#N)c3ccnn23)cc1.O=C(O)C(F)(F)F. The Balaban J connectivity index is 0.000000505. The molecule has 0 aliphatic carbocycles. The van der Waals surface area contributed by atoms with E-state index in [2.05, 4.69) is 27.1 Å². The molecule has 0 bridgehead atoms. The molecule has 1 aromatic carbocycles. The van der Waals surface area contributed by atoms with Crippen LogP contribution in [0.25, 0.3) is 5.52 Å². The van der Waals surface area contributed by atoms with Crippen LogP contribution in [-0.4, -0.2) is 66.3 Å². The molecule has 1 saturated heterocycles. The molecule has 1 aliphatic rings. The third-order valence-corrected chi connectivity index (χ3v) is 5.76. The first-order valence-corrected chi connectivity index (χ1v) is 11.8. The molecule has 1 atom stereocenters. The van der Waals surface area contributed by atoms with Crippen LogP contribution in [0.4, 0.5) is 30.4 Å². The first-order chi connectivity index (χ1) is 18.2. The number of anilines is 3. The number of carboxylic acid groups (broad SMARTS) is 1. The van der Waals surface area contributed by atoms with Crippen molar-refractivity contribution in [2.24, 2.45) is 0 Å². The highest BCUT2D eigenvalue weighted by molar-refractivity contribution is 5.82. The molecular weight excluding hydrogens is 505 g/mol. The van der Waals surface area contributed by atoms with Gasteiger partial charge in [-0.3, -0.25) is 0 Å². The number of aliphatic carboxylic acids is 1. The van der Waals surface area contributed by atoms with Crippen molar-refractivity contribution in [3.63, 3.8) is 0 Å². The minimum atomic E-state index is -5.08. The number of hydrogen-bond acceptors (Lipinski definition) is 8. The van der Waals surface area contributed by atoms with Gasteiger partial charge in [0, 0.05) is 30.9 Å². The third-order valence-electron chi connectivity index (χ3n) is 5.76. The van der Waals surface area contributed by atoms with Gasteiger partial charge in [-0.2, -0.15) is 23.5 Å². The molecule has 1 aliphatic heterocycles. The van der Waals surface area contributed by atoms with E-state index >= 15 is 0 Å². The van der Waals surface area contributed by atoms with Crippen LogP contribution in [0.2, 0.25) is 0 Å². The fourth-order valence-corrected chi connectivity index (χ4v) is 3.90. The van der Waals surface area contributed by atoms with Gasteiger partial charge in [-0.15, -0.1) is 0 Å². The molecule has 0 spiro atoms. The summed E-state index contributed by atoms with van der Waals surface area (Å²) in [6.07, 6.45) is -1.16. The molecule has 0 amide bonds. The summed E-state index contributed by atoms with van der Waals surface area (Å²) in [4.78, 5) is 8.90. The van der Waals surface area contributed by atoms with Gasteiger partial charge in [0.2, 0.25) is 0 Å². The zero-order chi connectivity index (χ0) is 27.7. The summed E-state index contributed by atoms with van der Waals surface area (Å²) in [7, 11) is 1.65. The maximum absolute atomic E-state index is 10.6. The van der Waals surface area contributed by atoms with Crippen LogP contribution in [0.1, 0.15) is 24.0 Å². The minimum absolute atomic E-state index is 0.293. The van der Waals surface area contributed by atoms with Crippen molar-refractivity contribution in [1.82, 2.24) is 14.9 Å². The molecule has 0 unspecified atom stereocenters. The van der Waals surface area contributed by atoms with Crippen LogP contribution >= 0.6 is 0 Å². The summed E-state index contributed by atoms with van der Waals surface area (Å²) >= 11 is 0. The van der Waals surface area contributed by atoms with Gasteiger partial charge in [-0.1, -0.05) is 0 Å². The second kappa shape index (κ2) is 13.0. The molecular formula is C25H29F3N6O4. The van der Waals surface area contributed by atoms with Gasteiger partial charge in [0.25, 0.3) is 0 Å². The van der Waals surface area contributed by atoms with E-state index in [-0.39, 0.29) is 0 Å². The number of piperidine rings is 1. The number of carboxylic acids is 1. The number of alkyl halides is 3. The lowest BCUT2D eigenvalue weighted by Gasteiger charge is -2.27. The number of hydrogen-bond donors (Lipinski definition) is 4. The lowest BCUT2D eigenvalue weighted by molar-refractivity contribution is -0.192. The van der Waals surface area contributed by atoms with E-state index in [1.807, 2.05) is 37.3 Å². The summed E-state index contributed by atoms with van der Waals surface area (Å²) < 4.78 is 44.2.